The summed E-state index contributed by atoms with van der Waals surface area (Å²) in [6.07, 6.45) is 0.114. The molecule has 1 saturated heterocycles. The highest BCUT2D eigenvalue weighted by molar-refractivity contribution is 8.24. The minimum absolute atomic E-state index is 0.0992. The third-order valence-corrected chi connectivity index (χ3v) is 5.48. The molecular weight excluding hydrogens is 352 g/mol. The van der Waals surface area contributed by atoms with Crippen molar-refractivity contribution in [3.05, 3.63) is 65.7 Å². The van der Waals surface area contributed by atoms with E-state index in [0.717, 1.165) is 16.8 Å². The summed E-state index contributed by atoms with van der Waals surface area (Å²) in [4.78, 5) is 26.4. The van der Waals surface area contributed by atoms with E-state index >= 15 is 0 Å². The van der Waals surface area contributed by atoms with Crippen LogP contribution < -0.4 is 5.32 Å². The Morgan fingerprint density at radius 3 is 2.52 bits per heavy atom. The third kappa shape index (κ3) is 4.46. The number of thioether (sulfide) groups is 1. The molecule has 1 aliphatic heterocycles. The number of anilines is 1. The van der Waals surface area contributed by atoms with Crippen molar-refractivity contribution in [2.75, 3.05) is 5.32 Å². The maximum atomic E-state index is 12.6. The molecule has 4 nitrogen and oxygen atoms in total. The molecule has 0 aromatic heterocycles. The van der Waals surface area contributed by atoms with Crippen molar-refractivity contribution in [1.29, 1.82) is 0 Å². The monoisotopic (exact) mass is 370 g/mol. The summed E-state index contributed by atoms with van der Waals surface area (Å²) in [5.74, 6) is -0.281. The summed E-state index contributed by atoms with van der Waals surface area (Å²) in [7, 11) is 0. The van der Waals surface area contributed by atoms with Gasteiger partial charge in [-0.1, -0.05) is 72.0 Å². The van der Waals surface area contributed by atoms with Crippen molar-refractivity contribution in [2.45, 2.75) is 25.1 Å². The molecule has 2 aromatic carbocycles. The lowest BCUT2D eigenvalue weighted by Crippen LogP contribution is -2.32. The number of hydrogen-bond donors (Lipinski definition) is 1. The highest BCUT2D eigenvalue weighted by atomic mass is 32.2. The van der Waals surface area contributed by atoms with Gasteiger partial charge in [0.05, 0.1) is 11.8 Å². The van der Waals surface area contributed by atoms with Gasteiger partial charge in [-0.25, -0.2) is 0 Å². The van der Waals surface area contributed by atoms with E-state index in [1.807, 2.05) is 61.5 Å². The Labute approximate surface area is 156 Å². The smallest absolute Gasteiger partial charge is 0.242 e. The van der Waals surface area contributed by atoms with Crippen molar-refractivity contribution < 1.29 is 9.59 Å². The number of aryl methyl sites for hydroxylation is 1. The van der Waals surface area contributed by atoms with Crippen LogP contribution in [-0.4, -0.2) is 26.3 Å². The molecule has 2 amide bonds. The first-order valence-electron chi connectivity index (χ1n) is 7.95. The second kappa shape index (κ2) is 7.80. The fourth-order valence-corrected chi connectivity index (χ4v) is 4.05. The number of carbonyl (C=O) groups is 2. The van der Waals surface area contributed by atoms with Crippen molar-refractivity contribution in [1.82, 2.24) is 4.90 Å². The van der Waals surface area contributed by atoms with Crippen LogP contribution in [0.5, 0.6) is 0 Å². The van der Waals surface area contributed by atoms with Gasteiger partial charge in [0, 0.05) is 12.1 Å². The number of nitrogens with zero attached hydrogens (tertiary/aromatic N) is 1. The van der Waals surface area contributed by atoms with E-state index in [1.54, 1.807) is 4.90 Å². The molecule has 0 saturated carbocycles. The largest absolute Gasteiger partial charge is 0.326 e. The van der Waals surface area contributed by atoms with E-state index in [9.17, 15) is 9.59 Å². The zero-order chi connectivity index (χ0) is 17.8. The van der Waals surface area contributed by atoms with Crippen molar-refractivity contribution in [3.8, 4) is 0 Å². The molecule has 1 N–H and O–H groups in total. The second-order valence-electron chi connectivity index (χ2n) is 5.90. The lowest BCUT2D eigenvalue weighted by atomic mass is 10.2. The van der Waals surface area contributed by atoms with Gasteiger partial charge in [0.15, 0.2) is 0 Å². The maximum absolute atomic E-state index is 12.6. The first kappa shape index (κ1) is 17.6. The highest BCUT2D eigenvalue weighted by Gasteiger charge is 2.37. The predicted molar refractivity (Wildman–Crippen MR) is 105 cm³/mol. The van der Waals surface area contributed by atoms with Gasteiger partial charge in [-0.15, -0.1) is 0 Å². The fourth-order valence-electron chi connectivity index (χ4n) is 2.55. The molecule has 0 bridgehead atoms. The molecule has 1 atom stereocenters. The molecule has 6 heteroatoms. The van der Waals surface area contributed by atoms with Crippen LogP contribution in [0.15, 0.2) is 54.6 Å². The normalized spacial score (nSPS) is 17.0. The van der Waals surface area contributed by atoms with Crippen LogP contribution in [0.2, 0.25) is 0 Å². The van der Waals surface area contributed by atoms with E-state index in [4.69, 9.17) is 12.2 Å². The molecule has 0 aliphatic carbocycles. The number of nitrogens with one attached hydrogen (secondary N) is 1. The topological polar surface area (TPSA) is 49.4 Å². The number of amides is 2. The van der Waals surface area contributed by atoms with Gasteiger partial charge in [-0.3, -0.25) is 14.5 Å². The van der Waals surface area contributed by atoms with Gasteiger partial charge in [-0.2, -0.15) is 0 Å². The van der Waals surface area contributed by atoms with Gasteiger partial charge in [0.25, 0.3) is 0 Å². The van der Waals surface area contributed by atoms with Gasteiger partial charge < -0.3 is 5.32 Å². The SMILES string of the molecule is Cc1ccc(NC(=O)C[C@@H]2SC(=S)N(Cc3ccccc3)C2=O)cc1. The van der Waals surface area contributed by atoms with Crippen LogP contribution in [0.4, 0.5) is 5.69 Å². The van der Waals surface area contributed by atoms with Crippen LogP contribution in [-0.2, 0) is 16.1 Å². The average molecular weight is 370 g/mol. The van der Waals surface area contributed by atoms with Crippen molar-refractivity contribution in [3.63, 3.8) is 0 Å². The van der Waals surface area contributed by atoms with Gasteiger partial charge in [-0.05, 0) is 24.6 Å². The quantitative estimate of drug-likeness (QED) is 0.815. The molecular formula is C19H18N2O2S2. The maximum Gasteiger partial charge on any atom is 0.242 e. The van der Waals surface area contributed by atoms with E-state index < -0.39 is 5.25 Å². The lowest BCUT2D eigenvalue weighted by molar-refractivity contribution is -0.128. The van der Waals surface area contributed by atoms with Crippen LogP contribution in [0, 0.1) is 6.92 Å². The van der Waals surface area contributed by atoms with Crippen LogP contribution >= 0.6 is 24.0 Å². The molecule has 128 valence electrons. The summed E-state index contributed by atoms with van der Waals surface area (Å²) in [6, 6.07) is 17.3. The van der Waals surface area contributed by atoms with E-state index in [-0.39, 0.29) is 18.2 Å². The Balaban J connectivity index is 1.59. The van der Waals surface area contributed by atoms with Crippen molar-refractivity contribution in [2.24, 2.45) is 0 Å². The fraction of sp³-hybridized carbons (Fsp3) is 0.211. The van der Waals surface area contributed by atoms with Crippen LogP contribution in [0.3, 0.4) is 0 Å². The number of carbonyl (C=O) groups excluding carboxylic acids is 2. The van der Waals surface area contributed by atoms with E-state index in [2.05, 4.69) is 5.32 Å². The van der Waals surface area contributed by atoms with Crippen LogP contribution in [0.25, 0.3) is 0 Å². The first-order chi connectivity index (χ1) is 12.0. The molecule has 0 radical (unpaired) electrons. The highest BCUT2D eigenvalue weighted by Crippen LogP contribution is 2.31. The molecule has 1 fully saturated rings. The molecule has 1 heterocycles. The zero-order valence-corrected chi connectivity index (χ0v) is 15.4. The van der Waals surface area contributed by atoms with Gasteiger partial charge in [0.1, 0.15) is 4.32 Å². The molecule has 0 spiro atoms. The number of rotatable bonds is 5. The zero-order valence-electron chi connectivity index (χ0n) is 13.8. The molecule has 0 unspecified atom stereocenters. The minimum atomic E-state index is -0.457. The third-order valence-electron chi connectivity index (χ3n) is 3.89. The first-order valence-corrected chi connectivity index (χ1v) is 9.24. The number of benzene rings is 2. The number of thiocarbonyl (C=S) groups is 1. The average Bonchev–Trinajstić information content (AvgIpc) is 2.85. The Morgan fingerprint density at radius 2 is 1.84 bits per heavy atom. The van der Waals surface area contributed by atoms with Crippen molar-refractivity contribution >= 4 is 45.8 Å². The molecule has 2 aromatic rings. The van der Waals surface area contributed by atoms with Gasteiger partial charge in [0.2, 0.25) is 11.8 Å². The van der Waals surface area contributed by atoms with E-state index in [0.29, 0.717) is 10.9 Å². The Kier molecular flexibility index (Phi) is 5.50. The van der Waals surface area contributed by atoms with E-state index in [1.165, 1.54) is 11.8 Å². The molecule has 25 heavy (non-hydrogen) atoms. The Bertz CT molecular complexity index is 791. The summed E-state index contributed by atoms with van der Waals surface area (Å²) in [5, 5.41) is 2.37. The molecule has 1 aliphatic rings. The van der Waals surface area contributed by atoms with Crippen LogP contribution in [0.1, 0.15) is 17.5 Å². The summed E-state index contributed by atoms with van der Waals surface area (Å²) < 4.78 is 0.530. The summed E-state index contributed by atoms with van der Waals surface area (Å²) in [5.41, 5.74) is 2.87. The summed E-state index contributed by atoms with van der Waals surface area (Å²) >= 11 is 6.62. The predicted octanol–water partition coefficient (Wildman–Crippen LogP) is 3.75. The summed E-state index contributed by atoms with van der Waals surface area (Å²) in [6.45, 7) is 2.43. The van der Waals surface area contributed by atoms with Gasteiger partial charge >= 0.3 is 0 Å². The Morgan fingerprint density at radius 1 is 1.16 bits per heavy atom. The molecule has 3 rings (SSSR count). The number of hydrogen-bond acceptors (Lipinski definition) is 4. The lowest BCUT2D eigenvalue weighted by Gasteiger charge is -2.15. The standard InChI is InChI=1S/C19H18N2O2S2/c1-13-7-9-15(10-8-13)20-17(22)11-16-18(23)21(19(24)25-16)12-14-5-3-2-4-6-14/h2-10,16H,11-12H2,1H3,(H,20,22)/t16-/m0/s1. The Hall–Kier alpha value is -2.18. The second-order valence-corrected chi connectivity index (χ2v) is 7.74. The minimum Gasteiger partial charge on any atom is -0.326 e.